The van der Waals surface area contributed by atoms with E-state index in [-0.39, 0.29) is 0 Å². The van der Waals surface area contributed by atoms with Crippen molar-refractivity contribution in [3.63, 3.8) is 0 Å². The van der Waals surface area contributed by atoms with E-state index in [0.717, 1.165) is 11.6 Å². The molecule has 4 rings (SSSR count). The molecule has 1 aromatic carbocycles. The summed E-state index contributed by atoms with van der Waals surface area (Å²) in [6, 6.07) is 9.85. The van der Waals surface area contributed by atoms with Crippen molar-refractivity contribution in [3.05, 3.63) is 58.8 Å². The summed E-state index contributed by atoms with van der Waals surface area (Å²) < 4.78 is 0. The quantitative estimate of drug-likeness (QED) is 0.452. The SMILES string of the molecule is CC(c1ccc(CCC2CC2)cc1)N(C)C1=CCCC(CCC2CP2)=C1. The van der Waals surface area contributed by atoms with E-state index in [1.807, 2.05) is 0 Å². The van der Waals surface area contributed by atoms with Crippen molar-refractivity contribution < 1.29 is 0 Å². The maximum atomic E-state index is 2.48. The number of allylic oxidation sites excluding steroid dienone is 3. The summed E-state index contributed by atoms with van der Waals surface area (Å²) in [6.07, 6.45) is 17.2. The molecule has 2 fully saturated rings. The molecule has 0 radical (unpaired) electrons. The fraction of sp³-hybridized carbons (Fsp3) is 0.583. The van der Waals surface area contributed by atoms with Gasteiger partial charge in [0.1, 0.15) is 0 Å². The lowest BCUT2D eigenvalue weighted by atomic mass is 9.96. The number of aryl methyl sites for hydroxylation is 1. The molecule has 1 saturated carbocycles. The van der Waals surface area contributed by atoms with E-state index in [1.165, 1.54) is 82.9 Å². The first-order valence-electron chi connectivity index (χ1n) is 10.6. The van der Waals surface area contributed by atoms with Gasteiger partial charge >= 0.3 is 0 Å². The van der Waals surface area contributed by atoms with Crippen LogP contribution in [0.2, 0.25) is 0 Å². The first-order valence-corrected chi connectivity index (χ1v) is 11.9. The van der Waals surface area contributed by atoms with Crippen LogP contribution >= 0.6 is 8.58 Å². The lowest BCUT2D eigenvalue weighted by Crippen LogP contribution is -2.22. The van der Waals surface area contributed by atoms with E-state index in [2.05, 4.69) is 55.3 Å². The first kappa shape index (κ1) is 18.3. The summed E-state index contributed by atoms with van der Waals surface area (Å²) in [6.45, 7) is 2.34. The molecule has 1 aromatic rings. The topological polar surface area (TPSA) is 3.24 Å². The third-order valence-corrected chi connectivity index (χ3v) is 7.74. The lowest BCUT2D eigenvalue weighted by molar-refractivity contribution is 0.337. The minimum Gasteiger partial charge on any atom is -0.368 e. The Labute approximate surface area is 161 Å². The van der Waals surface area contributed by atoms with E-state index in [9.17, 15) is 0 Å². The van der Waals surface area contributed by atoms with Crippen LogP contribution < -0.4 is 0 Å². The lowest BCUT2D eigenvalue weighted by Gasteiger charge is -2.30. The highest BCUT2D eigenvalue weighted by Crippen LogP contribution is 2.43. The van der Waals surface area contributed by atoms with Gasteiger partial charge in [0.2, 0.25) is 0 Å². The number of hydrogen-bond donors (Lipinski definition) is 0. The Bertz CT molecular complexity index is 664. The first-order chi connectivity index (χ1) is 12.7. The molecule has 1 nitrogen and oxygen atoms in total. The average molecular weight is 368 g/mol. The fourth-order valence-electron chi connectivity index (χ4n) is 4.02. The van der Waals surface area contributed by atoms with Crippen LogP contribution in [0.25, 0.3) is 0 Å². The van der Waals surface area contributed by atoms with Gasteiger partial charge in [-0.25, -0.2) is 0 Å². The van der Waals surface area contributed by atoms with Gasteiger partial charge in [-0.2, -0.15) is 0 Å². The highest BCUT2D eigenvalue weighted by atomic mass is 31.1. The standard InChI is InChI=1S/C24H34NP/c1-18(22-13-10-20(11-14-22)9-8-19-6-7-19)25(2)23-5-3-4-21(16-23)12-15-24-17-26-24/h5,10-11,13-14,16,18-19,24,26H,3-4,6-9,12,15,17H2,1-2H3. The zero-order chi connectivity index (χ0) is 17.9. The summed E-state index contributed by atoms with van der Waals surface area (Å²) in [5.41, 5.74) is 7.11. The van der Waals surface area contributed by atoms with Crippen molar-refractivity contribution in [2.75, 3.05) is 13.2 Å². The number of rotatable bonds is 9. The fourth-order valence-corrected chi connectivity index (χ4v) is 4.74. The maximum Gasteiger partial charge on any atom is 0.0510 e. The second-order valence-corrected chi connectivity index (χ2v) is 10.3. The van der Waals surface area contributed by atoms with Crippen LogP contribution in [0, 0.1) is 5.92 Å². The summed E-state index contributed by atoms with van der Waals surface area (Å²) in [7, 11) is 3.52. The van der Waals surface area contributed by atoms with E-state index in [4.69, 9.17) is 0 Å². The van der Waals surface area contributed by atoms with Crippen molar-refractivity contribution in [2.45, 2.75) is 70.0 Å². The van der Waals surface area contributed by atoms with Gasteiger partial charge in [-0.15, -0.1) is 8.58 Å². The van der Waals surface area contributed by atoms with Crippen LogP contribution in [0.15, 0.2) is 47.7 Å². The summed E-state index contributed by atoms with van der Waals surface area (Å²) in [5.74, 6) is 1.03. The smallest absolute Gasteiger partial charge is 0.0510 e. The van der Waals surface area contributed by atoms with Crippen molar-refractivity contribution in [1.82, 2.24) is 4.90 Å². The molecule has 3 aliphatic rings. The highest BCUT2D eigenvalue weighted by Gasteiger charge is 2.22. The van der Waals surface area contributed by atoms with Crippen LogP contribution in [-0.4, -0.2) is 23.8 Å². The molecule has 26 heavy (non-hydrogen) atoms. The van der Waals surface area contributed by atoms with Crippen molar-refractivity contribution in [3.8, 4) is 0 Å². The Balaban J connectivity index is 1.34. The van der Waals surface area contributed by atoms with E-state index >= 15 is 0 Å². The minimum absolute atomic E-state index is 0.430. The van der Waals surface area contributed by atoms with Crippen molar-refractivity contribution >= 4 is 8.58 Å². The van der Waals surface area contributed by atoms with Crippen LogP contribution in [0.4, 0.5) is 0 Å². The van der Waals surface area contributed by atoms with Gasteiger partial charge in [0.15, 0.2) is 0 Å². The molecule has 0 aromatic heterocycles. The molecule has 0 bridgehead atoms. The number of benzene rings is 1. The zero-order valence-electron chi connectivity index (χ0n) is 16.5. The minimum atomic E-state index is 0.430. The van der Waals surface area contributed by atoms with Crippen molar-refractivity contribution in [1.29, 1.82) is 0 Å². The zero-order valence-corrected chi connectivity index (χ0v) is 17.5. The largest absolute Gasteiger partial charge is 0.368 e. The Morgan fingerprint density at radius 2 is 1.88 bits per heavy atom. The predicted molar refractivity (Wildman–Crippen MR) is 115 cm³/mol. The molecular formula is C24H34NP. The number of nitrogens with zero attached hydrogens (tertiary/aromatic N) is 1. The molecule has 0 amide bonds. The predicted octanol–water partition coefficient (Wildman–Crippen LogP) is 6.47. The van der Waals surface area contributed by atoms with Gasteiger partial charge in [0.25, 0.3) is 0 Å². The molecule has 2 heteroatoms. The van der Waals surface area contributed by atoms with Crippen LogP contribution in [-0.2, 0) is 6.42 Å². The van der Waals surface area contributed by atoms with E-state index in [0.29, 0.717) is 6.04 Å². The average Bonchev–Trinajstić information content (AvgIpc) is 3.58. The molecule has 140 valence electrons. The second-order valence-electron chi connectivity index (χ2n) is 8.62. The van der Waals surface area contributed by atoms with Crippen molar-refractivity contribution in [2.24, 2.45) is 5.92 Å². The Kier molecular flexibility index (Phi) is 5.84. The Hall–Kier alpha value is -1.07. The number of hydrogen-bond acceptors (Lipinski definition) is 1. The molecule has 1 aliphatic heterocycles. The monoisotopic (exact) mass is 367 g/mol. The third kappa shape index (κ3) is 5.01. The van der Waals surface area contributed by atoms with Gasteiger partial charge in [-0.1, -0.05) is 48.8 Å². The molecule has 0 N–H and O–H groups in total. The van der Waals surface area contributed by atoms with Crippen LogP contribution in [0.1, 0.15) is 69.0 Å². The van der Waals surface area contributed by atoms with Gasteiger partial charge in [0, 0.05) is 12.7 Å². The van der Waals surface area contributed by atoms with Crippen LogP contribution in [0.5, 0.6) is 0 Å². The maximum absolute atomic E-state index is 2.48. The van der Waals surface area contributed by atoms with Crippen LogP contribution in [0.3, 0.4) is 0 Å². The molecule has 1 heterocycles. The van der Waals surface area contributed by atoms with Gasteiger partial charge in [-0.3, -0.25) is 0 Å². The molecule has 3 atom stereocenters. The number of likely N-dealkylation sites (N-methyl/N-ethyl adjacent to an activating group) is 1. The van der Waals surface area contributed by atoms with E-state index in [1.54, 1.807) is 5.57 Å². The Morgan fingerprint density at radius 3 is 2.58 bits per heavy atom. The summed E-state index contributed by atoms with van der Waals surface area (Å²) in [5, 5.41) is 0. The van der Waals surface area contributed by atoms with E-state index < -0.39 is 0 Å². The Morgan fingerprint density at radius 1 is 1.12 bits per heavy atom. The van der Waals surface area contributed by atoms with Gasteiger partial charge in [-0.05, 0) is 80.4 Å². The molecular weight excluding hydrogens is 333 g/mol. The third-order valence-electron chi connectivity index (χ3n) is 6.47. The summed E-state index contributed by atoms with van der Waals surface area (Å²) >= 11 is 0. The molecule has 2 aliphatic carbocycles. The molecule has 1 saturated heterocycles. The van der Waals surface area contributed by atoms with Gasteiger partial charge in [0.05, 0.1) is 6.04 Å². The molecule has 0 spiro atoms. The molecule has 3 unspecified atom stereocenters. The normalized spacial score (nSPS) is 24.2. The van der Waals surface area contributed by atoms with Gasteiger partial charge < -0.3 is 4.90 Å². The summed E-state index contributed by atoms with van der Waals surface area (Å²) in [4.78, 5) is 2.47. The highest BCUT2D eigenvalue weighted by molar-refractivity contribution is 7.47. The second kappa shape index (κ2) is 8.30.